The van der Waals surface area contributed by atoms with E-state index in [0.717, 1.165) is 13.2 Å². The van der Waals surface area contributed by atoms with E-state index in [1.807, 2.05) is 0 Å². The highest BCUT2D eigenvalue weighted by Gasteiger charge is 2.24. The summed E-state index contributed by atoms with van der Waals surface area (Å²) in [5.74, 6) is -2.75. The summed E-state index contributed by atoms with van der Waals surface area (Å²) >= 11 is 0. The summed E-state index contributed by atoms with van der Waals surface area (Å²) in [6, 6.07) is 1.31. The molecule has 0 fully saturated rings. The van der Waals surface area contributed by atoms with Gasteiger partial charge in [-0.1, -0.05) is 0 Å². The van der Waals surface area contributed by atoms with Gasteiger partial charge in [-0.05, 0) is 6.07 Å². The van der Waals surface area contributed by atoms with Gasteiger partial charge in [-0.3, -0.25) is 10.1 Å². The Morgan fingerprint density at radius 1 is 1.50 bits per heavy atom. The molecule has 0 unspecified atom stereocenters. The maximum absolute atomic E-state index is 13.4. The van der Waals surface area contributed by atoms with Crippen LogP contribution in [0, 0.1) is 15.9 Å². The first kappa shape index (κ1) is 14.0. The molecule has 0 radical (unpaired) electrons. The fourth-order valence-electron chi connectivity index (χ4n) is 1.29. The molecule has 0 amide bonds. The number of carbonyl (C=O) groups excluding carboxylic acids is 1. The van der Waals surface area contributed by atoms with Crippen LogP contribution in [-0.2, 0) is 21.2 Å². The predicted octanol–water partition coefficient (Wildman–Crippen LogP) is 0.632. The monoisotopic (exact) mass is 277 g/mol. The summed E-state index contributed by atoms with van der Waals surface area (Å²) < 4.78 is 38.7. The molecule has 0 aliphatic heterocycles. The van der Waals surface area contributed by atoms with E-state index in [2.05, 4.69) is 4.74 Å². The number of hydrogen-bond acceptors (Lipinski definition) is 6. The van der Waals surface area contributed by atoms with Crippen LogP contribution in [0.2, 0.25) is 0 Å². The number of thiol groups is 1. The first-order chi connectivity index (χ1) is 8.36. The van der Waals surface area contributed by atoms with Gasteiger partial charge < -0.3 is 4.74 Å². The van der Waals surface area contributed by atoms with Gasteiger partial charge in [0.15, 0.2) is 0 Å². The first-order valence-corrected chi connectivity index (χ1v) is 5.90. The minimum absolute atomic E-state index is 0.322. The Morgan fingerprint density at radius 3 is 2.56 bits per heavy atom. The fourth-order valence-corrected chi connectivity index (χ4v) is 1.81. The van der Waals surface area contributed by atoms with Crippen molar-refractivity contribution >= 4 is 22.4 Å². The number of nitro benzene ring substituents is 1. The van der Waals surface area contributed by atoms with Crippen molar-refractivity contribution in [3.05, 3.63) is 39.2 Å². The minimum atomic E-state index is -2.92. The van der Waals surface area contributed by atoms with E-state index in [1.54, 1.807) is 0 Å². The lowest BCUT2D eigenvalue weighted by atomic mass is 10.1. The Hall–Kier alpha value is -2.03. The molecule has 0 bridgehead atoms. The SMILES string of the molecule is COC(=O)c1cc(C[SH](=O)=O)c(F)cc1[N+](=O)[O-]. The van der Waals surface area contributed by atoms with E-state index in [0.29, 0.717) is 6.07 Å². The van der Waals surface area contributed by atoms with E-state index in [9.17, 15) is 27.7 Å². The molecule has 0 aliphatic rings. The summed E-state index contributed by atoms with van der Waals surface area (Å²) in [7, 11) is -1.91. The molecule has 0 aliphatic carbocycles. The Kier molecular flexibility index (Phi) is 4.32. The van der Waals surface area contributed by atoms with Crippen LogP contribution in [0.4, 0.5) is 10.1 Å². The molecule has 7 nitrogen and oxygen atoms in total. The number of esters is 1. The lowest BCUT2D eigenvalue weighted by Crippen LogP contribution is -2.08. The number of benzene rings is 1. The van der Waals surface area contributed by atoms with Crippen molar-refractivity contribution in [3.63, 3.8) is 0 Å². The minimum Gasteiger partial charge on any atom is -0.465 e. The molecule has 98 valence electrons. The molecule has 0 N–H and O–H groups in total. The van der Waals surface area contributed by atoms with Crippen LogP contribution in [0.25, 0.3) is 0 Å². The van der Waals surface area contributed by atoms with E-state index in [4.69, 9.17) is 0 Å². The molecule has 1 rings (SSSR count). The molecule has 0 aromatic heterocycles. The molecule has 0 saturated heterocycles. The molecule has 0 saturated carbocycles. The molecular formula is C9H8FNO6S. The molecule has 1 aromatic rings. The third kappa shape index (κ3) is 3.00. The van der Waals surface area contributed by atoms with Crippen LogP contribution in [0.1, 0.15) is 15.9 Å². The van der Waals surface area contributed by atoms with Crippen molar-refractivity contribution < 1.29 is 27.3 Å². The standard InChI is InChI=1S/C9H8FNO6S/c1-17-9(12)6-2-5(4-18(15)16)7(10)3-8(6)11(13)14/h2-3,18H,4H2,1H3. The number of nitro groups is 1. The molecule has 0 spiro atoms. The van der Waals surface area contributed by atoms with E-state index in [1.165, 1.54) is 0 Å². The highest BCUT2D eigenvalue weighted by Crippen LogP contribution is 2.24. The Bertz CT molecular complexity index is 575. The normalized spacial score (nSPS) is 10.4. The van der Waals surface area contributed by atoms with Crippen molar-refractivity contribution in [3.8, 4) is 0 Å². The van der Waals surface area contributed by atoms with Crippen molar-refractivity contribution in [2.24, 2.45) is 0 Å². The van der Waals surface area contributed by atoms with Gasteiger partial charge in [0.25, 0.3) is 5.69 Å². The van der Waals surface area contributed by atoms with Gasteiger partial charge in [-0.15, -0.1) is 0 Å². The number of nitrogens with zero attached hydrogens (tertiary/aromatic N) is 1. The largest absolute Gasteiger partial charge is 0.465 e. The van der Waals surface area contributed by atoms with Crippen LogP contribution >= 0.6 is 0 Å². The number of halogens is 1. The summed E-state index contributed by atoms with van der Waals surface area (Å²) in [5.41, 5.74) is -1.59. The number of methoxy groups -OCH3 is 1. The van der Waals surface area contributed by atoms with Crippen LogP contribution in [-0.4, -0.2) is 26.4 Å². The average Bonchev–Trinajstić information content (AvgIpc) is 2.29. The summed E-state index contributed by atoms with van der Waals surface area (Å²) in [4.78, 5) is 21.0. The van der Waals surface area contributed by atoms with E-state index in [-0.39, 0.29) is 5.56 Å². The van der Waals surface area contributed by atoms with E-state index >= 15 is 0 Å². The maximum atomic E-state index is 13.4. The lowest BCUT2D eigenvalue weighted by molar-refractivity contribution is -0.385. The highest BCUT2D eigenvalue weighted by molar-refractivity contribution is 7.71. The number of ether oxygens (including phenoxy) is 1. The molecule has 0 atom stereocenters. The molecule has 18 heavy (non-hydrogen) atoms. The van der Waals surface area contributed by atoms with Gasteiger partial charge >= 0.3 is 5.97 Å². The topological polar surface area (TPSA) is 104 Å². The lowest BCUT2D eigenvalue weighted by Gasteiger charge is -2.04. The molecule has 1 aromatic carbocycles. The van der Waals surface area contributed by atoms with E-state index < -0.39 is 44.4 Å². The van der Waals surface area contributed by atoms with Crippen molar-refractivity contribution in [1.29, 1.82) is 0 Å². The maximum Gasteiger partial charge on any atom is 0.344 e. The molecule has 9 heteroatoms. The van der Waals surface area contributed by atoms with Crippen molar-refractivity contribution in [1.82, 2.24) is 0 Å². The Labute approximate surface area is 102 Å². The van der Waals surface area contributed by atoms with Gasteiger partial charge in [0.05, 0.1) is 23.9 Å². The fraction of sp³-hybridized carbons (Fsp3) is 0.222. The van der Waals surface area contributed by atoms with Gasteiger partial charge in [0, 0.05) is 5.56 Å². The third-order valence-electron chi connectivity index (χ3n) is 2.07. The van der Waals surface area contributed by atoms with Crippen LogP contribution in [0.5, 0.6) is 0 Å². The van der Waals surface area contributed by atoms with Crippen LogP contribution < -0.4 is 0 Å². The zero-order chi connectivity index (χ0) is 13.9. The quantitative estimate of drug-likeness (QED) is 0.375. The third-order valence-corrected chi connectivity index (χ3v) is 2.67. The Morgan fingerprint density at radius 2 is 2.11 bits per heavy atom. The zero-order valence-corrected chi connectivity index (χ0v) is 9.98. The van der Waals surface area contributed by atoms with Gasteiger partial charge in [-0.25, -0.2) is 17.6 Å². The van der Waals surface area contributed by atoms with Crippen LogP contribution in [0.3, 0.4) is 0 Å². The van der Waals surface area contributed by atoms with Crippen molar-refractivity contribution in [2.75, 3.05) is 7.11 Å². The second-order valence-corrected chi connectivity index (χ2v) is 4.18. The highest BCUT2D eigenvalue weighted by atomic mass is 32.2. The average molecular weight is 277 g/mol. The second-order valence-electron chi connectivity index (χ2n) is 3.20. The second kappa shape index (κ2) is 5.54. The summed E-state index contributed by atoms with van der Waals surface area (Å²) in [6.45, 7) is 0. The van der Waals surface area contributed by atoms with Gasteiger partial charge in [-0.2, -0.15) is 0 Å². The van der Waals surface area contributed by atoms with Crippen molar-refractivity contribution in [2.45, 2.75) is 5.75 Å². The number of hydrogen-bond donors (Lipinski definition) is 1. The Balaban J connectivity index is 3.44. The van der Waals surface area contributed by atoms with Gasteiger partial charge in [0.1, 0.15) is 22.1 Å². The first-order valence-electron chi connectivity index (χ1n) is 4.53. The summed E-state index contributed by atoms with van der Waals surface area (Å²) in [5, 5.41) is 10.6. The molecule has 0 heterocycles. The predicted molar refractivity (Wildman–Crippen MR) is 58.4 cm³/mol. The van der Waals surface area contributed by atoms with Crippen LogP contribution in [0.15, 0.2) is 12.1 Å². The smallest absolute Gasteiger partial charge is 0.344 e. The zero-order valence-electron chi connectivity index (χ0n) is 9.08. The van der Waals surface area contributed by atoms with Gasteiger partial charge in [0.2, 0.25) is 0 Å². The number of rotatable bonds is 4. The number of carbonyl (C=O) groups is 1. The summed E-state index contributed by atoms with van der Waals surface area (Å²) in [6.07, 6.45) is 0. The molecular weight excluding hydrogens is 269 g/mol.